The normalized spacial score (nSPS) is 12.3. The molecule has 1 atom stereocenters. The number of carbonyl (C=O) groups excluding carboxylic acids is 1. The van der Waals surface area contributed by atoms with Gasteiger partial charge in [-0.1, -0.05) is 36.7 Å². The average Bonchev–Trinajstić information content (AvgIpc) is 3.03. The van der Waals surface area contributed by atoms with Crippen LogP contribution in [0.4, 0.5) is 0 Å². The van der Waals surface area contributed by atoms with E-state index in [4.69, 9.17) is 11.6 Å². The van der Waals surface area contributed by atoms with E-state index < -0.39 is 0 Å². The van der Waals surface area contributed by atoms with Gasteiger partial charge in [0.25, 0.3) is 5.91 Å². The van der Waals surface area contributed by atoms with E-state index >= 15 is 0 Å². The van der Waals surface area contributed by atoms with Crippen molar-refractivity contribution in [1.29, 1.82) is 0 Å². The molecule has 3 rings (SSSR count). The van der Waals surface area contributed by atoms with Gasteiger partial charge in [-0.25, -0.2) is 4.98 Å². The molecule has 3 aromatic rings. The molecule has 2 heterocycles. The summed E-state index contributed by atoms with van der Waals surface area (Å²) < 4.78 is 1.30. The lowest BCUT2D eigenvalue weighted by Gasteiger charge is -2.12. The van der Waals surface area contributed by atoms with E-state index in [1.54, 1.807) is 13.0 Å². The van der Waals surface area contributed by atoms with Gasteiger partial charge in [0, 0.05) is 28.7 Å². The molecule has 0 bridgehead atoms. The first-order chi connectivity index (χ1) is 12.4. The quantitative estimate of drug-likeness (QED) is 0.718. The summed E-state index contributed by atoms with van der Waals surface area (Å²) in [6.45, 7) is 5.73. The molecule has 2 aromatic heterocycles. The molecule has 1 unspecified atom stereocenters. The van der Waals surface area contributed by atoms with E-state index in [1.165, 1.54) is 10.7 Å². The van der Waals surface area contributed by atoms with Crippen LogP contribution in [-0.4, -0.2) is 31.7 Å². The molecule has 0 saturated heterocycles. The van der Waals surface area contributed by atoms with Gasteiger partial charge in [0.2, 0.25) is 5.88 Å². The topological polar surface area (TPSA) is 79.5 Å². The zero-order valence-corrected chi connectivity index (χ0v) is 15.7. The summed E-state index contributed by atoms with van der Waals surface area (Å²) in [7, 11) is 0. The SMILES string of the molecule is CCC(C)NC(=O)c1cnn2c(O)c(Cc3ccccc3Cl)c(C)nc12. The van der Waals surface area contributed by atoms with E-state index in [-0.39, 0.29) is 17.8 Å². The van der Waals surface area contributed by atoms with Crippen LogP contribution < -0.4 is 5.32 Å². The summed E-state index contributed by atoms with van der Waals surface area (Å²) >= 11 is 6.23. The summed E-state index contributed by atoms with van der Waals surface area (Å²) in [5, 5.41) is 18.4. The third-order valence-electron chi connectivity index (χ3n) is 4.48. The van der Waals surface area contributed by atoms with Gasteiger partial charge in [0.1, 0.15) is 5.56 Å². The number of aryl methyl sites for hydroxylation is 1. The molecule has 7 heteroatoms. The lowest BCUT2D eigenvalue weighted by molar-refractivity contribution is 0.0940. The van der Waals surface area contributed by atoms with Crippen molar-refractivity contribution in [3.63, 3.8) is 0 Å². The average molecular weight is 373 g/mol. The Bertz CT molecular complexity index is 968. The number of nitrogens with one attached hydrogen (secondary N) is 1. The van der Waals surface area contributed by atoms with Crippen LogP contribution in [0.1, 0.15) is 47.4 Å². The van der Waals surface area contributed by atoms with Crippen LogP contribution >= 0.6 is 11.6 Å². The second-order valence-electron chi connectivity index (χ2n) is 6.34. The van der Waals surface area contributed by atoms with Crippen molar-refractivity contribution in [2.75, 3.05) is 0 Å². The van der Waals surface area contributed by atoms with Crippen LogP contribution in [0.3, 0.4) is 0 Å². The molecule has 0 aliphatic carbocycles. The molecule has 136 valence electrons. The summed E-state index contributed by atoms with van der Waals surface area (Å²) in [5.41, 5.74) is 2.82. The van der Waals surface area contributed by atoms with Gasteiger partial charge in [-0.3, -0.25) is 4.79 Å². The maximum Gasteiger partial charge on any atom is 0.256 e. The number of benzene rings is 1. The highest BCUT2D eigenvalue weighted by atomic mass is 35.5. The fourth-order valence-electron chi connectivity index (χ4n) is 2.72. The Kier molecular flexibility index (Phi) is 5.13. The fourth-order valence-corrected chi connectivity index (χ4v) is 2.93. The molecule has 2 N–H and O–H groups in total. The fraction of sp³-hybridized carbons (Fsp3) is 0.316. The molecule has 1 amide bonds. The van der Waals surface area contributed by atoms with Gasteiger partial charge >= 0.3 is 0 Å². The third kappa shape index (κ3) is 3.37. The van der Waals surface area contributed by atoms with Crippen molar-refractivity contribution in [3.05, 3.63) is 57.9 Å². The Morgan fingerprint density at radius 3 is 2.81 bits per heavy atom. The third-order valence-corrected chi connectivity index (χ3v) is 4.85. The minimum atomic E-state index is -0.250. The first-order valence-corrected chi connectivity index (χ1v) is 8.90. The van der Waals surface area contributed by atoms with Crippen LogP contribution in [0.15, 0.2) is 30.5 Å². The highest BCUT2D eigenvalue weighted by Gasteiger charge is 2.21. The second kappa shape index (κ2) is 7.33. The van der Waals surface area contributed by atoms with Crippen molar-refractivity contribution >= 4 is 23.2 Å². The lowest BCUT2D eigenvalue weighted by atomic mass is 10.0. The van der Waals surface area contributed by atoms with Crippen molar-refractivity contribution < 1.29 is 9.90 Å². The zero-order valence-electron chi connectivity index (χ0n) is 15.0. The van der Waals surface area contributed by atoms with Gasteiger partial charge in [-0.05, 0) is 31.9 Å². The first kappa shape index (κ1) is 18.2. The summed E-state index contributed by atoms with van der Waals surface area (Å²) in [4.78, 5) is 16.9. The monoisotopic (exact) mass is 372 g/mol. The first-order valence-electron chi connectivity index (χ1n) is 8.52. The van der Waals surface area contributed by atoms with E-state index in [9.17, 15) is 9.90 Å². The lowest BCUT2D eigenvalue weighted by Crippen LogP contribution is -2.31. The van der Waals surface area contributed by atoms with Crippen LogP contribution in [0.2, 0.25) is 5.02 Å². The maximum atomic E-state index is 12.4. The maximum absolute atomic E-state index is 12.4. The number of amides is 1. The van der Waals surface area contributed by atoms with E-state index in [1.807, 2.05) is 32.0 Å². The number of hydrogen-bond donors (Lipinski definition) is 2. The Morgan fingerprint density at radius 2 is 2.12 bits per heavy atom. The molecule has 0 saturated carbocycles. The number of carbonyl (C=O) groups is 1. The molecule has 0 radical (unpaired) electrons. The molecule has 0 aliphatic rings. The number of rotatable bonds is 5. The number of hydrogen-bond acceptors (Lipinski definition) is 4. The van der Waals surface area contributed by atoms with E-state index in [0.717, 1.165) is 12.0 Å². The van der Waals surface area contributed by atoms with Crippen molar-refractivity contribution in [2.24, 2.45) is 0 Å². The van der Waals surface area contributed by atoms with Crippen molar-refractivity contribution in [2.45, 2.75) is 39.7 Å². The Morgan fingerprint density at radius 1 is 1.38 bits per heavy atom. The summed E-state index contributed by atoms with van der Waals surface area (Å²) in [6, 6.07) is 7.51. The number of aromatic hydroxyl groups is 1. The highest BCUT2D eigenvalue weighted by molar-refractivity contribution is 6.31. The Balaban J connectivity index is 2.02. The summed E-state index contributed by atoms with van der Waals surface area (Å²) in [5.74, 6) is -0.283. The molecular formula is C19H21ClN4O2. The van der Waals surface area contributed by atoms with Gasteiger partial charge in [-0.15, -0.1) is 0 Å². The van der Waals surface area contributed by atoms with Crippen LogP contribution in [0.5, 0.6) is 5.88 Å². The second-order valence-corrected chi connectivity index (χ2v) is 6.75. The van der Waals surface area contributed by atoms with E-state index in [2.05, 4.69) is 15.4 Å². The number of aromatic nitrogens is 3. The minimum absolute atomic E-state index is 0.0324. The Labute approximate surface area is 156 Å². The van der Waals surface area contributed by atoms with Gasteiger partial charge < -0.3 is 10.4 Å². The smallest absolute Gasteiger partial charge is 0.256 e. The van der Waals surface area contributed by atoms with Crippen LogP contribution in [0.25, 0.3) is 5.65 Å². The highest BCUT2D eigenvalue weighted by Crippen LogP contribution is 2.27. The van der Waals surface area contributed by atoms with Crippen molar-refractivity contribution in [1.82, 2.24) is 19.9 Å². The van der Waals surface area contributed by atoms with Gasteiger partial charge in [0.15, 0.2) is 5.65 Å². The van der Waals surface area contributed by atoms with Crippen molar-refractivity contribution in [3.8, 4) is 5.88 Å². The summed E-state index contributed by atoms with van der Waals surface area (Å²) in [6.07, 6.45) is 2.68. The number of nitrogens with zero attached hydrogens (tertiary/aromatic N) is 3. The van der Waals surface area contributed by atoms with E-state index in [0.29, 0.717) is 33.9 Å². The predicted octanol–water partition coefficient (Wildman–Crippen LogP) is 3.52. The minimum Gasteiger partial charge on any atom is -0.493 e. The molecule has 26 heavy (non-hydrogen) atoms. The Hall–Kier alpha value is -2.60. The van der Waals surface area contributed by atoms with Gasteiger partial charge in [0.05, 0.1) is 6.20 Å². The molecule has 6 nitrogen and oxygen atoms in total. The van der Waals surface area contributed by atoms with Crippen LogP contribution in [0, 0.1) is 6.92 Å². The molecular weight excluding hydrogens is 352 g/mol. The largest absolute Gasteiger partial charge is 0.493 e. The number of fused-ring (bicyclic) bond motifs is 1. The standard InChI is InChI=1S/C19H21ClN4O2/c1-4-11(2)22-18(25)15-10-21-24-17(15)23-12(3)14(19(24)26)9-13-7-5-6-8-16(13)20/h5-8,10-11,26H,4,9H2,1-3H3,(H,22,25). The molecule has 1 aromatic carbocycles. The van der Waals surface area contributed by atoms with Gasteiger partial charge in [-0.2, -0.15) is 9.61 Å². The van der Waals surface area contributed by atoms with Crippen LogP contribution in [-0.2, 0) is 6.42 Å². The molecule has 0 fully saturated rings. The zero-order chi connectivity index (χ0) is 18.8. The number of halogens is 1. The predicted molar refractivity (Wildman–Crippen MR) is 101 cm³/mol. The molecule has 0 aliphatic heterocycles. The molecule has 0 spiro atoms.